The Hall–Kier alpha value is -2.54. The van der Waals surface area contributed by atoms with Crippen molar-refractivity contribution in [3.8, 4) is 11.5 Å². The lowest BCUT2D eigenvalue weighted by atomic mass is 9.94. The Morgan fingerprint density at radius 2 is 2.30 bits per heavy atom. The first-order valence-electron chi connectivity index (χ1n) is 9.46. The van der Waals surface area contributed by atoms with Gasteiger partial charge in [0.05, 0.1) is 24.6 Å². The second kappa shape index (κ2) is 7.23. The van der Waals surface area contributed by atoms with E-state index >= 15 is 0 Å². The summed E-state index contributed by atoms with van der Waals surface area (Å²) in [6.07, 6.45) is 4.56. The third-order valence-electron chi connectivity index (χ3n) is 5.47. The molecule has 27 heavy (non-hydrogen) atoms. The fourth-order valence-electron chi connectivity index (χ4n) is 4.12. The van der Waals surface area contributed by atoms with Crippen LogP contribution in [0.3, 0.4) is 0 Å². The minimum absolute atomic E-state index is 0.205. The third-order valence-corrected chi connectivity index (χ3v) is 5.47. The van der Waals surface area contributed by atoms with Crippen molar-refractivity contribution >= 4 is 5.91 Å². The van der Waals surface area contributed by atoms with E-state index in [0.29, 0.717) is 11.5 Å². The number of carbonyl (C=O) groups excluding carboxylic acids is 1. The predicted molar refractivity (Wildman–Crippen MR) is 101 cm³/mol. The van der Waals surface area contributed by atoms with Gasteiger partial charge in [-0.2, -0.15) is 5.10 Å². The average molecular weight is 370 g/mol. The first-order chi connectivity index (χ1) is 13.0. The van der Waals surface area contributed by atoms with E-state index in [4.69, 9.17) is 15.2 Å². The molecule has 2 aliphatic heterocycles. The molecule has 3 N–H and O–H groups in total. The molecule has 4 rings (SSSR count). The summed E-state index contributed by atoms with van der Waals surface area (Å²) in [5.41, 5.74) is 9.31. The van der Waals surface area contributed by atoms with Gasteiger partial charge in [-0.1, -0.05) is 0 Å². The number of nitrogens with one attached hydrogen (secondary N) is 1. The van der Waals surface area contributed by atoms with Crippen LogP contribution < -0.4 is 20.5 Å². The number of primary amides is 1. The fraction of sp³-hybridized carbons (Fsp3) is 0.500. The summed E-state index contributed by atoms with van der Waals surface area (Å²) >= 11 is 0. The minimum Gasteiger partial charge on any atom is -0.497 e. The molecule has 0 unspecified atom stereocenters. The van der Waals surface area contributed by atoms with Crippen molar-refractivity contribution in [1.29, 1.82) is 0 Å². The summed E-state index contributed by atoms with van der Waals surface area (Å²) in [6, 6.07) is 4.11. The molecule has 0 saturated heterocycles. The number of fused-ring (bicyclic) bond motifs is 2. The highest BCUT2D eigenvalue weighted by Crippen LogP contribution is 2.36. The highest BCUT2D eigenvalue weighted by Gasteiger charge is 2.25. The number of nitrogens with zero attached hydrogens (tertiary/aromatic N) is 2. The Labute approximate surface area is 158 Å². The van der Waals surface area contributed by atoms with Crippen LogP contribution in [0.25, 0.3) is 0 Å². The molecule has 7 nitrogen and oxygen atoms in total. The molecule has 0 bridgehead atoms. The number of rotatable bonds is 6. The lowest BCUT2D eigenvalue weighted by molar-refractivity contribution is 0.0998. The van der Waals surface area contributed by atoms with E-state index in [0.717, 1.165) is 61.7 Å². The number of carbonyl (C=O) groups is 1. The van der Waals surface area contributed by atoms with Gasteiger partial charge in [0.15, 0.2) is 0 Å². The molecule has 1 aromatic heterocycles. The Morgan fingerprint density at radius 1 is 1.44 bits per heavy atom. The van der Waals surface area contributed by atoms with Crippen LogP contribution in [-0.4, -0.2) is 35.4 Å². The molecule has 0 saturated carbocycles. The number of ether oxygens (including phenoxy) is 2. The van der Waals surface area contributed by atoms with Crippen molar-refractivity contribution < 1.29 is 14.3 Å². The Morgan fingerprint density at radius 3 is 3.07 bits per heavy atom. The zero-order chi connectivity index (χ0) is 19.0. The molecular weight excluding hydrogens is 344 g/mol. The van der Waals surface area contributed by atoms with Crippen molar-refractivity contribution in [2.75, 3.05) is 13.7 Å². The van der Waals surface area contributed by atoms with Gasteiger partial charge >= 0.3 is 0 Å². The van der Waals surface area contributed by atoms with Gasteiger partial charge in [0.2, 0.25) is 0 Å². The van der Waals surface area contributed by atoms with Crippen LogP contribution in [0.5, 0.6) is 11.5 Å². The zero-order valence-electron chi connectivity index (χ0n) is 15.8. The highest BCUT2D eigenvalue weighted by atomic mass is 16.5. The maximum atomic E-state index is 11.6. The quantitative estimate of drug-likeness (QED) is 0.807. The van der Waals surface area contributed by atoms with E-state index in [1.807, 2.05) is 10.7 Å². The SMILES string of the molecule is COc1cc(CNC[C@@H]2CCn3ncc(C(N)=O)c3C2)c2c(c1)C[C@H](C)O2. The van der Waals surface area contributed by atoms with Gasteiger partial charge in [-0.25, -0.2) is 0 Å². The second-order valence-electron chi connectivity index (χ2n) is 7.49. The number of benzene rings is 1. The second-order valence-corrected chi connectivity index (χ2v) is 7.49. The Balaban J connectivity index is 1.40. The summed E-state index contributed by atoms with van der Waals surface area (Å²) in [5.74, 6) is 1.92. The summed E-state index contributed by atoms with van der Waals surface area (Å²) in [4.78, 5) is 11.6. The number of methoxy groups -OCH3 is 1. The molecule has 1 amide bonds. The third kappa shape index (κ3) is 3.51. The van der Waals surface area contributed by atoms with Crippen LogP contribution >= 0.6 is 0 Å². The van der Waals surface area contributed by atoms with Gasteiger partial charge in [0, 0.05) is 30.6 Å². The molecule has 144 valence electrons. The molecule has 3 heterocycles. The molecule has 0 radical (unpaired) electrons. The molecule has 2 atom stereocenters. The molecule has 0 fully saturated rings. The Kier molecular flexibility index (Phi) is 4.78. The fourth-order valence-corrected chi connectivity index (χ4v) is 4.12. The molecule has 0 aliphatic carbocycles. The summed E-state index contributed by atoms with van der Waals surface area (Å²) in [5, 5.41) is 7.83. The maximum Gasteiger partial charge on any atom is 0.252 e. The van der Waals surface area contributed by atoms with Crippen molar-refractivity contribution in [3.05, 3.63) is 40.7 Å². The standard InChI is InChI=1S/C20H26N4O3/c1-12-5-14-7-16(26-2)8-15(19(14)27-12)10-22-9-13-3-4-24-18(6-13)17(11-23-24)20(21)25/h7-8,11-13,22H,3-6,9-10H2,1-2H3,(H2,21,25)/t12-,13+/m0/s1. The number of aryl methyl sites for hydroxylation is 1. The van der Waals surface area contributed by atoms with Gasteiger partial charge < -0.3 is 20.5 Å². The van der Waals surface area contributed by atoms with Crippen LogP contribution in [0, 0.1) is 5.92 Å². The minimum atomic E-state index is -0.400. The van der Waals surface area contributed by atoms with Gasteiger partial charge in [-0.15, -0.1) is 0 Å². The molecular formula is C20H26N4O3. The largest absolute Gasteiger partial charge is 0.497 e. The number of hydrogen-bond acceptors (Lipinski definition) is 5. The molecule has 7 heteroatoms. The highest BCUT2D eigenvalue weighted by molar-refractivity contribution is 5.93. The van der Waals surface area contributed by atoms with Crippen molar-refractivity contribution in [2.45, 2.75) is 45.4 Å². The molecule has 0 spiro atoms. The van der Waals surface area contributed by atoms with Gasteiger partial charge in [0.1, 0.15) is 17.6 Å². The van der Waals surface area contributed by atoms with Crippen molar-refractivity contribution in [2.24, 2.45) is 11.7 Å². The van der Waals surface area contributed by atoms with Gasteiger partial charge in [0.25, 0.3) is 5.91 Å². The van der Waals surface area contributed by atoms with Crippen molar-refractivity contribution in [1.82, 2.24) is 15.1 Å². The van der Waals surface area contributed by atoms with E-state index < -0.39 is 5.91 Å². The topological polar surface area (TPSA) is 91.4 Å². The maximum absolute atomic E-state index is 11.6. The smallest absolute Gasteiger partial charge is 0.252 e. The zero-order valence-corrected chi connectivity index (χ0v) is 15.8. The van der Waals surface area contributed by atoms with Crippen LogP contribution in [0.1, 0.15) is 40.5 Å². The first-order valence-corrected chi connectivity index (χ1v) is 9.46. The van der Waals surface area contributed by atoms with Crippen LogP contribution in [0.15, 0.2) is 18.3 Å². The number of nitrogens with two attached hydrogens (primary N) is 1. The molecule has 2 aromatic rings. The van der Waals surface area contributed by atoms with Gasteiger partial charge in [-0.3, -0.25) is 9.48 Å². The normalized spacial score (nSPS) is 20.7. The van der Waals surface area contributed by atoms with Crippen LogP contribution in [0.4, 0.5) is 0 Å². The summed E-state index contributed by atoms with van der Waals surface area (Å²) in [6.45, 7) is 4.50. The van der Waals surface area contributed by atoms with Crippen molar-refractivity contribution in [3.63, 3.8) is 0 Å². The predicted octanol–water partition coefficient (Wildman–Crippen LogP) is 1.67. The van der Waals surface area contributed by atoms with E-state index in [2.05, 4.69) is 23.4 Å². The molecule has 2 aliphatic rings. The van der Waals surface area contributed by atoms with Crippen LogP contribution in [-0.2, 0) is 25.9 Å². The van der Waals surface area contributed by atoms with Gasteiger partial charge in [-0.05, 0) is 44.4 Å². The van der Waals surface area contributed by atoms with E-state index in [1.165, 1.54) is 5.56 Å². The number of amides is 1. The average Bonchev–Trinajstić information content (AvgIpc) is 3.23. The Bertz CT molecular complexity index is 861. The summed E-state index contributed by atoms with van der Waals surface area (Å²) in [7, 11) is 1.69. The number of aromatic nitrogens is 2. The van der Waals surface area contributed by atoms with Crippen LogP contribution in [0.2, 0.25) is 0 Å². The first kappa shape index (κ1) is 17.9. The monoisotopic (exact) mass is 370 g/mol. The number of hydrogen-bond donors (Lipinski definition) is 2. The molecule has 1 aromatic carbocycles. The van der Waals surface area contributed by atoms with E-state index in [1.54, 1.807) is 13.3 Å². The van der Waals surface area contributed by atoms with E-state index in [9.17, 15) is 4.79 Å². The summed E-state index contributed by atoms with van der Waals surface area (Å²) < 4.78 is 13.3. The lowest BCUT2D eigenvalue weighted by Crippen LogP contribution is -2.30. The lowest BCUT2D eigenvalue weighted by Gasteiger charge is -2.24. The van der Waals surface area contributed by atoms with E-state index in [-0.39, 0.29) is 6.10 Å².